The van der Waals surface area contributed by atoms with E-state index in [1.165, 1.54) is 30.6 Å². The van der Waals surface area contributed by atoms with Crippen LogP contribution in [0.25, 0.3) is 0 Å². The second kappa shape index (κ2) is 6.09. The monoisotopic (exact) mass is 271 g/mol. The summed E-state index contributed by atoms with van der Waals surface area (Å²) >= 11 is 0. The molecule has 2 aromatic rings. The Morgan fingerprint density at radius 1 is 1.35 bits per heavy atom. The van der Waals surface area contributed by atoms with Gasteiger partial charge in [0, 0.05) is 24.5 Å². The number of methoxy groups -OCH3 is 1. The molecule has 1 aromatic heterocycles. The third kappa shape index (κ3) is 2.85. The SMILES string of the molecule is COc1ccccc1C[C@H]1CCCN1Cc1ccn[nH]1. The zero-order valence-electron chi connectivity index (χ0n) is 11.9. The Bertz CT molecular complexity index is 538. The van der Waals surface area contributed by atoms with E-state index >= 15 is 0 Å². The van der Waals surface area contributed by atoms with Gasteiger partial charge in [0.05, 0.1) is 7.11 Å². The van der Waals surface area contributed by atoms with E-state index in [9.17, 15) is 0 Å². The first-order valence-electron chi connectivity index (χ1n) is 7.21. The van der Waals surface area contributed by atoms with Crippen molar-refractivity contribution in [2.45, 2.75) is 31.8 Å². The van der Waals surface area contributed by atoms with Crippen molar-refractivity contribution >= 4 is 0 Å². The molecule has 1 saturated heterocycles. The minimum atomic E-state index is 0.592. The Balaban J connectivity index is 1.69. The van der Waals surface area contributed by atoms with Crippen LogP contribution in [0.1, 0.15) is 24.1 Å². The molecular weight excluding hydrogens is 250 g/mol. The number of aromatic nitrogens is 2. The van der Waals surface area contributed by atoms with Gasteiger partial charge in [0.2, 0.25) is 0 Å². The van der Waals surface area contributed by atoms with Crippen LogP contribution in [0.3, 0.4) is 0 Å². The molecule has 0 unspecified atom stereocenters. The number of nitrogens with zero attached hydrogens (tertiary/aromatic N) is 2. The van der Waals surface area contributed by atoms with Crippen molar-refractivity contribution in [3.8, 4) is 5.75 Å². The maximum Gasteiger partial charge on any atom is 0.122 e. The van der Waals surface area contributed by atoms with E-state index < -0.39 is 0 Å². The van der Waals surface area contributed by atoms with Gasteiger partial charge in [-0.3, -0.25) is 10.00 Å². The second-order valence-electron chi connectivity index (χ2n) is 5.36. The van der Waals surface area contributed by atoms with Gasteiger partial charge in [-0.15, -0.1) is 0 Å². The fourth-order valence-corrected chi connectivity index (χ4v) is 3.05. The van der Waals surface area contributed by atoms with Crippen LogP contribution >= 0.6 is 0 Å². The van der Waals surface area contributed by atoms with Crippen molar-refractivity contribution in [3.05, 3.63) is 47.8 Å². The lowest BCUT2D eigenvalue weighted by Crippen LogP contribution is -2.30. The number of ether oxygens (including phenoxy) is 1. The molecule has 0 spiro atoms. The molecule has 4 heteroatoms. The number of likely N-dealkylation sites (tertiary alicyclic amines) is 1. The van der Waals surface area contributed by atoms with Crippen molar-refractivity contribution < 1.29 is 4.74 Å². The van der Waals surface area contributed by atoms with Gasteiger partial charge in [-0.05, 0) is 43.5 Å². The van der Waals surface area contributed by atoms with Gasteiger partial charge in [0.25, 0.3) is 0 Å². The average Bonchev–Trinajstić information content (AvgIpc) is 3.13. The highest BCUT2D eigenvalue weighted by molar-refractivity contribution is 5.34. The lowest BCUT2D eigenvalue weighted by Gasteiger charge is -2.24. The molecule has 1 atom stereocenters. The number of benzene rings is 1. The molecule has 0 bridgehead atoms. The summed E-state index contributed by atoms with van der Waals surface area (Å²) in [6, 6.07) is 11.0. The first kappa shape index (κ1) is 13.2. The fourth-order valence-electron chi connectivity index (χ4n) is 3.05. The molecule has 0 aliphatic carbocycles. The summed E-state index contributed by atoms with van der Waals surface area (Å²) in [6.45, 7) is 2.12. The summed E-state index contributed by atoms with van der Waals surface area (Å²) < 4.78 is 5.46. The van der Waals surface area contributed by atoms with Crippen LogP contribution in [-0.2, 0) is 13.0 Å². The maximum atomic E-state index is 5.46. The van der Waals surface area contributed by atoms with E-state index in [1.807, 2.05) is 18.3 Å². The fraction of sp³-hybridized carbons (Fsp3) is 0.438. The van der Waals surface area contributed by atoms with E-state index in [-0.39, 0.29) is 0 Å². The second-order valence-corrected chi connectivity index (χ2v) is 5.36. The van der Waals surface area contributed by atoms with Crippen LogP contribution in [0.4, 0.5) is 0 Å². The molecule has 0 amide bonds. The van der Waals surface area contributed by atoms with Crippen LogP contribution in [0.15, 0.2) is 36.5 Å². The van der Waals surface area contributed by atoms with Crippen molar-refractivity contribution in [1.82, 2.24) is 15.1 Å². The lowest BCUT2D eigenvalue weighted by molar-refractivity contribution is 0.239. The molecular formula is C16H21N3O. The number of rotatable bonds is 5. The highest BCUT2D eigenvalue weighted by Crippen LogP contribution is 2.26. The van der Waals surface area contributed by atoms with Gasteiger partial charge >= 0.3 is 0 Å². The Hall–Kier alpha value is -1.81. The molecule has 106 valence electrons. The predicted molar refractivity (Wildman–Crippen MR) is 78.7 cm³/mol. The topological polar surface area (TPSA) is 41.1 Å². The Morgan fingerprint density at radius 2 is 2.25 bits per heavy atom. The number of hydrogen-bond acceptors (Lipinski definition) is 3. The minimum Gasteiger partial charge on any atom is -0.496 e. The summed E-state index contributed by atoms with van der Waals surface area (Å²) in [4.78, 5) is 2.54. The van der Waals surface area contributed by atoms with Gasteiger partial charge in [0.15, 0.2) is 0 Å². The smallest absolute Gasteiger partial charge is 0.122 e. The number of nitrogens with one attached hydrogen (secondary N) is 1. The number of aromatic amines is 1. The van der Waals surface area contributed by atoms with E-state index in [4.69, 9.17) is 4.74 Å². The summed E-state index contributed by atoms with van der Waals surface area (Å²) in [5.74, 6) is 1.00. The number of H-pyrrole nitrogens is 1. The highest BCUT2D eigenvalue weighted by atomic mass is 16.5. The third-order valence-corrected chi connectivity index (χ3v) is 4.08. The van der Waals surface area contributed by atoms with Gasteiger partial charge in [-0.1, -0.05) is 18.2 Å². The van der Waals surface area contributed by atoms with E-state index in [2.05, 4.69) is 33.3 Å². The summed E-state index contributed by atoms with van der Waals surface area (Å²) in [6.07, 6.45) is 5.40. The van der Waals surface area contributed by atoms with Gasteiger partial charge in [-0.2, -0.15) is 5.10 Å². The molecule has 2 heterocycles. The van der Waals surface area contributed by atoms with Crippen LogP contribution in [0.5, 0.6) is 5.75 Å². The van der Waals surface area contributed by atoms with E-state index in [1.54, 1.807) is 7.11 Å². The Kier molecular flexibility index (Phi) is 4.02. The molecule has 1 fully saturated rings. The molecule has 0 saturated carbocycles. The molecule has 0 radical (unpaired) electrons. The summed E-state index contributed by atoms with van der Waals surface area (Å²) in [5.41, 5.74) is 2.49. The first-order valence-corrected chi connectivity index (χ1v) is 7.21. The predicted octanol–water partition coefficient (Wildman–Crippen LogP) is 2.63. The van der Waals surface area contributed by atoms with Crippen molar-refractivity contribution in [3.63, 3.8) is 0 Å². The van der Waals surface area contributed by atoms with Gasteiger partial charge in [-0.25, -0.2) is 0 Å². The molecule has 1 aliphatic rings. The first-order chi connectivity index (χ1) is 9.86. The molecule has 20 heavy (non-hydrogen) atoms. The number of para-hydroxylation sites is 1. The lowest BCUT2D eigenvalue weighted by atomic mass is 10.0. The van der Waals surface area contributed by atoms with Crippen LogP contribution in [-0.4, -0.2) is 34.8 Å². The zero-order valence-corrected chi connectivity index (χ0v) is 11.9. The summed E-state index contributed by atoms with van der Waals surface area (Å²) in [5, 5.41) is 7.08. The Labute approximate surface area is 119 Å². The highest BCUT2D eigenvalue weighted by Gasteiger charge is 2.25. The number of hydrogen-bond donors (Lipinski definition) is 1. The van der Waals surface area contributed by atoms with Crippen LogP contribution < -0.4 is 4.74 Å². The normalized spacial score (nSPS) is 19.4. The quantitative estimate of drug-likeness (QED) is 0.909. The largest absolute Gasteiger partial charge is 0.496 e. The molecule has 4 nitrogen and oxygen atoms in total. The van der Waals surface area contributed by atoms with Crippen molar-refractivity contribution in [2.75, 3.05) is 13.7 Å². The molecule has 1 aromatic carbocycles. The molecule has 1 N–H and O–H groups in total. The summed E-state index contributed by atoms with van der Waals surface area (Å²) in [7, 11) is 1.75. The van der Waals surface area contributed by atoms with Crippen molar-refractivity contribution in [1.29, 1.82) is 0 Å². The van der Waals surface area contributed by atoms with Gasteiger partial charge < -0.3 is 4.74 Å². The molecule has 3 rings (SSSR count). The minimum absolute atomic E-state index is 0.592. The van der Waals surface area contributed by atoms with Crippen molar-refractivity contribution in [2.24, 2.45) is 0 Å². The van der Waals surface area contributed by atoms with Gasteiger partial charge in [0.1, 0.15) is 5.75 Å². The van der Waals surface area contributed by atoms with E-state index in [0.29, 0.717) is 6.04 Å². The van der Waals surface area contributed by atoms with Crippen LogP contribution in [0, 0.1) is 0 Å². The zero-order chi connectivity index (χ0) is 13.8. The third-order valence-electron chi connectivity index (χ3n) is 4.08. The standard InChI is InChI=1S/C16H21N3O/c1-20-16-7-3-2-5-13(16)11-15-6-4-10-19(15)12-14-8-9-17-18-14/h2-3,5,7-9,15H,4,6,10-12H2,1H3,(H,17,18)/t15-/m1/s1. The van der Waals surface area contributed by atoms with Crippen LogP contribution in [0.2, 0.25) is 0 Å². The maximum absolute atomic E-state index is 5.46. The van der Waals surface area contributed by atoms with E-state index in [0.717, 1.165) is 18.7 Å². The average molecular weight is 271 g/mol. The Morgan fingerprint density at radius 3 is 3.05 bits per heavy atom. The molecule has 1 aliphatic heterocycles.